The van der Waals surface area contributed by atoms with E-state index in [1.165, 1.54) is 11.1 Å². The molecule has 0 saturated carbocycles. The number of anilines is 2. The lowest BCUT2D eigenvalue weighted by atomic mass is 10.0. The van der Waals surface area contributed by atoms with E-state index in [0.717, 1.165) is 21.5 Å². The van der Waals surface area contributed by atoms with Crippen molar-refractivity contribution in [2.75, 3.05) is 11.1 Å². The summed E-state index contributed by atoms with van der Waals surface area (Å²) >= 11 is 2.26. The van der Waals surface area contributed by atoms with Gasteiger partial charge in [0.05, 0.1) is 11.4 Å². The van der Waals surface area contributed by atoms with E-state index in [1.807, 2.05) is 12.1 Å². The first-order chi connectivity index (χ1) is 9.06. The maximum absolute atomic E-state index is 5.98. The Morgan fingerprint density at radius 2 is 1.79 bits per heavy atom. The van der Waals surface area contributed by atoms with Crippen LogP contribution in [0.25, 0.3) is 0 Å². The van der Waals surface area contributed by atoms with Crippen molar-refractivity contribution < 1.29 is 0 Å². The molecule has 2 aromatic rings. The predicted octanol–water partition coefficient (Wildman–Crippen LogP) is 4.61. The van der Waals surface area contributed by atoms with E-state index < -0.39 is 0 Å². The van der Waals surface area contributed by atoms with Crippen LogP contribution in [0.4, 0.5) is 11.4 Å². The summed E-state index contributed by atoms with van der Waals surface area (Å²) in [5.41, 5.74) is 10.4. The van der Waals surface area contributed by atoms with Gasteiger partial charge in [0.1, 0.15) is 0 Å². The molecule has 3 heteroatoms. The molecular formula is C16H19IN2. The zero-order chi connectivity index (χ0) is 13.8. The molecule has 3 N–H and O–H groups in total. The maximum Gasteiger partial charge on any atom is 0.0577 e. The lowest BCUT2D eigenvalue weighted by molar-refractivity contribution is 0.865. The third-order valence-electron chi connectivity index (χ3n) is 3.14. The zero-order valence-corrected chi connectivity index (χ0v) is 13.4. The number of hydrogen-bond acceptors (Lipinski definition) is 2. The van der Waals surface area contributed by atoms with Crippen LogP contribution in [0, 0.1) is 3.57 Å². The van der Waals surface area contributed by atoms with Gasteiger partial charge in [0.2, 0.25) is 0 Å². The van der Waals surface area contributed by atoms with Crippen LogP contribution in [0.1, 0.15) is 30.9 Å². The molecule has 0 aromatic heterocycles. The van der Waals surface area contributed by atoms with Gasteiger partial charge in [0.25, 0.3) is 0 Å². The third-order valence-corrected chi connectivity index (χ3v) is 3.81. The summed E-state index contributed by atoms with van der Waals surface area (Å²) in [7, 11) is 0. The molecule has 0 fully saturated rings. The van der Waals surface area contributed by atoms with Crippen LogP contribution in [0.2, 0.25) is 0 Å². The first-order valence-electron chi connectivity index (χ1n) is 6.44. The number of halogens is 1. The van der Waals surface area contributed by atoms with Crippen LogP contribution in [0.3, 0.4) is 0 Å². The largest absolute Gasteiger partial charge is 0.397 e. The second kappa shape index (κ2) is 6.28. The quantitative estimate of drug-likeness (QED) is 0.613. The SMILES string of the molecule is CC(C)c1ccc(CNc2ccc(I)cc2N)cc1. The fraction of sp³-hybridized carbons (Fsp3) is 0.250. The van der Waals surface area contributed by atoms with Gasteiger partial charge in [0.15, 0.2) is 0 Å². The monoisotopic (exact) mass is 366 g/mol. The van der Waals surface area contributed by atoms with Crippen molar-refractivity contribution in [1.82, 2.24) is 0 Å². The summed E-state index contributed by atoms with van der Waals surface area (Å²) in [6, 6.07) is 14.8. The molecule has 0 unspecified atom stereocenters. The van der Waals surface area contributed by atoms with Crippen LogP contribution >= 0.6 is 22.6 Å². The Bertz CT molecular complexity index is 547. The lowest BCUT2D eigenvalue weighted by Gasteiger charge is -2.11. The summed E-state index contributed by atoms with van der Waals surface area (Å²) in [6.45, 7) is 5.21. The summed E-state index contributed by atoms with van der Waals surface area (Å²) in [6.07, 6.45) is 0. The van der Waals surface area contributed by atoms with E-state index in [1.54, 1.807) is 0 Å². The minimum absolute atomic E-state index is 0.578. The normalized spacial score (nSPS) is 10.7. The summed E-state index contributed by atoms with van der Waals surface area (Å²) in [4.78, 5) is 0. The van der Waals surface area contributed by atoms with Crippen LogP contribution in [0.5, 0.6) is 0 Å². The van der Waals surface area contributed by atoms with Gasteiger partial charge >= 0.3 is 0 Å². The van der Waals surface area contributed by atoms with Gasteiger partial charge < -0.3 is 11.1 Å². The molecule has 0 aliphatic carbocycles. The molecule has 0 radical (unpaired) electrons. The fourth-order valence-electron chi connectivity index (χ4n) is 1.91. The Hall–Kier alpha value is -1.23. The topological polar surface area (TPSA) is 38.0 Å². The summed E-state index contributed by atoms with van der Waals surface area (Å²) in [5, 5.41) is 3.38. The van der Waals surface area contributed by atoms with E-state index >= 15 is 0 Å². The molecule has 0 heterocycles. The molecular weight excluding hydrogens is 347 g/mol. The van der Waals surface area contributed by atoms with Crippen molar-refractivity contribution in [3.8, 4) is 0 Å². The van der Waals surface area contributed by atoms with Gasteiger partial charge in [-0.3, -0.25) is 0 Å². The van der Waals surface area contributed by atoms with Crippen molar-refractivity contribution >= 4 is 34.0 Å². The van der Waals surface area contributed by atoms with Gasteiger partial charge in [-0.15, -0.1) is 0 Å². The number of nitrogen functional groups attached to an aromatic ring is 1. The minimum Gasteiger partial charge on any atom is -0.397 e. The fourth-order valence-corrected chi connectivity index (χ4v) is 2.43. The Labute approximate surface area is 128 Å². The molecule has 2 rings (SSSR count). The first-order valence-corrected chi connectivity index (χ1v) is 7.52. The molecule has 2 aromatic carbocycles. The molecule has 0 amide bonds. The van der Waals surface area contributed by atoms with Crippen LogP contribution in [-0.2, 0) is 6.54 Å². The number of hydrogen-bond donors (Lipinski definition) is 2. The van der Waals surface area contributed by atoms with E-state index in [-0.39, 0.29) is 0 Å². The van der Waals surface area contributed by atoms with E-state index in [9.17, 15) is 0 Å². The van der Waals surface area contributed by atoms with E-state index in [0.29, 0.717) is 5.92 Å². The summed E-state index contributed by atoms with van der Waals surface area (Å²) < 4.78 is 1.15. The van der Waals surface area contributed by atoms with Crippen molar-refractivity contribution in [3.05, 3.63) is 57.2 Å². The molecule has 0 atom stereocenters. The number of nitrogens with two attached hydrogens (primary N) is 1. The van der Waals surface area contributed by atoms with E-state index in [2.05, 4.69) is 72.1 Å². The Morgan fingerprint density at radius 3 is 2.37 bits per heavy atom. The first kappa shape index (κ1) is 14.2. The second-order valence-corrected chi connectivity index (χ2v) is 6.23. The van der Waals surface area contributed by atoms with Crippen molar-refractivity contribution in [2.45, 2.75) is 26.3 Å². The average molecular weight is 366 g/mol. The van der Waals surface area contributed by atoms with Gasteiger partial charge in [-0.1, -0.05) is 38.1 Å². The second-order valence-electron chi connectivity index (χ2n) is 4.98. The minimum atomic E-state index is 0.578. The molecule has 0 saturated heterocycles. The maximum atomic E-state index is 5.98. The van der Waals surface area contributed by atoms with Crippen molar-refractivity contribution in [1.29, 1.82) is 0 Å². The number of rotatable bonds is 4. The average Bonchev–Trinajstić information content (AvgIpc) is 2.38. The van der Waals surface area contributed by atoms with Crippen LogP contribution < -0.4 is 11.1 Å². The summed E-state index contributed by atoms with van der Waals surface area (Å²) in [5.74, 6) is 0.578. The highest BCUT2D eigenvalue weighted by Crippen LogP contribution is 2.22. The molecule has 0 aliphatic heterocycles. The van der Waals surface area contributed by atoms with Gasteiger partial charge in [-0.25, -0.2) is 0 Å². The smallest absolute Gasteiger partial charge is 0.0577 e. The van der Waals surface area contributed by atoms with Crippen molar-refractivity contribution in [2.24, 2.45) is 0 Å². The lowest BCUT2D eigenvalue weighted by Crippen LogP contribution is -2.02. The van der Waals surface area contributed by atoms with E-state index in [4.69, 9.17) is 5.73 Å². The standard InChI is InChI=1S/C16H19IN2/c1-11(2)13-5-3-12(4-6-13)10-19-16-8-7-14(17)9-15(16)18/h3-9,11,19H,10,18H2,1-2H3. The Balaban J connectivity index is 2.02. The van der Waals surface area contributed by atoms with Gasteiger partial charge in [-0.2, -0.15) is 0 Å². The highest BCUT2D eigenvalue weighted by Gasteiger charge is 2.01. The number of benzene rings is 2. The highest BCUT2D eigenvalue weighted by atomic mass is 127. The third kappa shape index (κ3) is 3.86. The Kier molecular flexibility index (Phi) is 4.69. The number of nitrogens with one attached hydrogen (secondary N) is 1. The highest BCUT2D eigenvalue weighted by molar-refractivity contribution is 14.1. The van der Waals surface area contributed by atoms with Crippen LogP contribution in [-0.4, -0.2) is 0 Å². The molecule has 0 spiro atoms. The van der Waals surface area contributed by atoms with Gasteiger partial charge in [-0.05, 0) is 57.8 Å². The molecule has 100 valence electrons. The van der Waals surface area contributed by atoms with Gasteiger partial charge in [0, 0.05) is 10.1 Å². The predicted molar refractivity (Wildman–Crippen MR) is 91.4 cm³/mol. The molecule has 0 aliphatic rings. The zero-order valence-electron chi connectivity index (χ0n) is 11.3. The molecule has 0 bridgehead atoms. The molecule has 19 heavy (non-hydrogen) atoms. The van der Waals surface area contributed by atoms with Crippen molar-refractivity contribution in [3.63, 3.8) is 0 Å². The molecule has 2 nitrogen and oxygen atoms in total. The van der Waals surface area contributed by atoms with Crippen LogP contribution in [0.15, 0.2) is 42.5 Å². The Morgan fingerprint density at radius 1 is 1.11 bits per heavy atom.